The maximum Gasteiger partial charge on any atom is 0.338 e. The standard InChI is InChI=1S/C10H23NO7/c11-7-5-3-1-2-4-6-8(12,13)9(14,15)10(16,17)18/h12-18H,1-7,11H2. The summed E-state index contributed by atoms with van der Waals surface area (Å²) in [5.74, 6) is -11.1. The molecule has 8 nitrogen and oxygen atoms in total. The second-order valence-electron chi connectivity index (χ2n) is 4.43. The second-order valence-corrected chi connectivity index (χ2v) is 4.43. The topological polar surface area (TPSA) is 168 Å². The second kappa shape index (κ2) is 6.73. The van der Waals surface area contributed by atoms with E-state index in [0.717, 1.165) is 19.3 Å². The highest BCUT2D eigenvalue weighted by molar-refractivity contribution is 4.87. The van der Waals surface area contributed by atoms with Crippen molar-refractivity contribution < 1.29 is 35.7 Å². The van der Waals surface area contributed by atoms with Crippen LogP contribution in [0.2, 0.25) is 0 Å². The van der Waals surface area contributed by atoms with Gasteiger partial charge in [-0.3, -0.25) is 0 Å². The summed E-state index contributed by atoms with van der Waals surface area (Å²) in [6, 6.07) is 0. The van der Waals surface area contributed by atoms with Crippen molar-refractivity contribution in [3.8, 4) is 0 Å². The molecule has 0 unspecified atom stereocenters. The summed E-state index contributed by atoms with van der Waals surface area (Å²) in [6.07, 6.45) is 2.74. The molecule has 0 bridgehead atoms. The molecule has 0 heterocycles. The third-order valence-electron chi connectivity index (χ3n) is 2.76. The molecule has 110 valence electrons. The van der Waals surface area contributed by atoms with Crippen molar-refractivity contribution in [2.24, 2.45) is 5.73 Å². The van der Waals surface area contributed by atoms with Gasteiger partial charge in [0, 0.05) is 6.42 Å². The van der Waals surface area contributed by atoms with E-state index >= 15 is 0 Å². The van der Waals surface area contributed by atoms with Gasteiger partial charge in [-0.25, -0.2) is 0 Å². The SMILES string of the molecule is NCCCCCCCC(O)(O)C(O)(O)C(O)(O)O. The van der Waals surface area contributed by atoms with E-state index in [1.165, 1.54) is 0 Å². The van der Waals surface area contributed by atoms with Gasteiger partial charge in [-0.15, -0.1) is 0 Å². The molecule has 0 aromatic carbocycles. The fraction of sp³-hybridized carbons (Fsp3) is 1.00. The first-order valence-corrected chi connectivity index (χ1v) is 5.83. The zero-order valence-corrected chi connectivity index (χ0v) is 10.2. The molecule has 0 amide bonds. The Morgan fingerprint density at radius 3 is 1.56 bits per heavy atom. The molecule has 0 aromatic heterocycles. The largest absolute Gasteiger partial charge is 0.361 e. The molecule has 0 aromatic rings. The van der Waals surface area contributed by atoms with Crippen molar-refractivity contribution >= 4 is 0 Å². The van der Waals surface area contributed by atoms with Crippen molar-refractivity contribution in [2.45, 2.75) is 56.1 Å². The van der Waals surface area contributed by atoms with Gasteiger partial charge in [-0.2, -0.15) is 0 Å². The van der Waals surface area contributed by atoms with E-state index in [4.69, 9.17) is 31.3 Å². The molecule has 0 atom stereocenters. The minimum Gasteiger partial charge on any atom is -0.361 e. The molecule has 0 saturated carbocycles. The Bertz CT molecular complexity index is 237. The van der Waals surface area contributed by atoms with Crippen LogP contribution in [0.25, 0.3) is 0 Å². The molecule has 8 heteroatoms. The predicted octanol–water partition coefficient (Wildman–Crippen LogP) is -2.72. The van der Waals surface area contributed by atoms with Gasteiger partial charge in [0.2, 0.25) is 5.79 Å². The lowest BCUT2D eigenvalue weighted by Gasteiger charge is -2.39. The fourth-order valence-electron chi connectivity index (χ4n) is 1.49. The molecule has 0 saturated heterocycles. The molecule has 0 spiro atoms. The van der Waals surface area contributed by atoms with Crippen molar-refractivity contribution in [3.05, 3.63) is 0 Å². The minimum atomic E-state index is -4.03. The third-order valence-corrected chi connectivity index (χ3v) is 2.76. The summed E-state index contributed by atoms with van der Waals surface area (Å²) < 4.78 is 0. The molecule has 0 aliphatic heterocycles. The Morgan fingerprint density at radius 1 is 0.667 bits per heavy atom. The first-order chi connectivity index (χ1) is 8.06. The minimum absolute atomic E-state index is 0.205. The Labute approximate surface area is 105 Å². The summed E-state index contributed by atoms with van der Waals surface area (Å²) in [4.78, 5) is 0. The summed E-state index contributed by atoms with van der Waals surface area (Å²) in [5, 5.41) is 62.8. The predicted molar refractivity (Wildman–Crippen MR) is 60.5 cm³/mol. The molecule has 0 aliphatic rings. The van der Waals surface area contributed by atoms with Crippen LogP contribution in [-0.2, 0) is 0 Å². The van der Waals surface area contributed by atoms with Gasteiger partial charge in [0.05, 0.1) is 0 Å². The number of nitrogens with two attached hydrogens (primary N) is 1. The van der Waals surface area contributed by atoms with Gasteiger partial charge < -0.3 is 41.5 Å². The van der Waals surface area contributed by atoms with Crippen LogP contribution in [0.4, 0.5) is 0 Å². The van der Waals surface area contributed by atoms with E-state index in [2.05, 4.69) is 0 Å². The Hall–Kier alpha value is -0.320. The highest BCUT2D eigenvalue weighted by Crippen LogP contribution is 2.30. The lowest BCUT2D eigenvalue weighted by atomic mass is 9.96. The summed E-state index contributed by atoms with van der Waals surface area (Å²) in [6.45, 7) is 0.572. The van der Waals surface area contributed by atoms with Gasteiger partial charge in [0.25, 0.3) is 0 Å². The summed E-state index contributed by atoms with van der Waals surface area (Å²) in [5.41, 5.74) is 5.29. The average Bonchev–Trinajstić information content (AvgIpc) is 2.21. The van der Waals surface area contributed by atoms with Crippen molar-refractivity contribution in [3.63, 3.8) is 0 Å². The number of hydrogen-bond acceptors (Lipinski definition) is 8. The van der Waals surface area contributed by atoms with Crippen LogP contribution in [0.1, 0.15) is 38.5 Å². The van der Waals surface area contributed by atoms with E-state index in [-0.39, 0.29) is 6.42 Å². The average molecular weight is 269 g/mol. The van der Waals surface area contributed by atoms with Gasteiger partial charge >= 0.3 is 11.8 Å². The van der Waals surface area contributed by atoms with Gasteiger partial charge in [0.15, 0.2) is 0 Å². The lowest BCUT2D eigenvalue weighted by Crippen LogP contribution is -2.68. The number of unbranched alkanes of at least 4 members (excludes halogenated alkanes) is 4. The van der Waals surface area contributed by atoms with Crippen LogP contribution in [0, 0.1) is 0 Å². The maximum atomic E-state index is 9.34. The van der Waals surface area contributed by atoms with Crippen LogP contribution >= 0.6 is 0 Å². The van der Waals surface area contributed by atoms with Gasteiger partial charge in [-0.1, -0.05) is 19.3 Å². The Balaban J connectivity index is 4.15. The quantitative estimate of drug-likeness (QED) is 0.165. The van der Waals surface area contributed by atoms with E-state index in [1.807, 2.05) is 0 Å². The molecule has 0 aliphatic carbocycles. The zero-order valence-electron chi connectivity index (χ0n) is 10.2. The molecule has 18 heavy (non-hydrogen) atoms. The summed E-state index contributed by atoms with van der Waals surface area (Å²) in [7, 11) is 0. The van der Waals surface area contributed by atoms with Gasteiger partial charge in [-0.05, 0) is 19.4 Å². The van der Waals surface area contributed by atoms with Crippen LogP contribution in [-0.4, -0.2) is 59.8 Å². The monoisotopic (exact) mass is 269 g/mol. The maximum absolute atomic E-state index is 9.34. The Morgan fingerprint density at radius 2 is 1.11 bits per heavy atom. The number of hydrogen-bond donors (Lipinski definition) is 8. The molecule has 0 fully saturated rings. The van der Waals surface area contributed by atoms with Gasteiger partial charge in [0.1, 0.15) is 0 Å². The van der Waals surface area contributed by atoms with Crippen LogP contribution in [0.3, 0.4) is 0 Å². The lowest BCUT2D eigenvalue weighted by molar-refractivity contribution is -0.509. The van der Waals surface area contributed by atoms with E-state index in [9.17, 15) is 10.2 Å². The molecule has 9 N–H and O–H groups in total. The molecule has 0 rings (SSSR count). The highest BCUT2D eigenvalue weighted by Gasteiger charge is 2.61. The van der Waals surface area contributed by atoms with Crippen molar-refractivity contribution in [1.82, 2.24) is 0 Å². The zero-order chi connectivity index (χ0) is 14.4. The smallest absolute Gasteiger partial charge is 0.338 e. The fourth-order valence-corrected chi connectivity index (χ4v) is 1.49. The van der Waals surface area contributed by atoms with Crippen LogP contribution in [0.5, 0.6) is 0 Å². The Kier molecular flexibility index (Phi) is 6.61. The van der Waals surface area contributed by atoms with Crippen LogP contribution < -0.4 is 5.73 Å². The first-order valence-electron chi connectivity index (χ1n) is 5.83. The number of rotatable bonds is 9. The van der Waals surface area contributed by atoms with Crippen molar-refractivity contribution in [1.29, 1.82) is 0 Å². The first kappa shape index (κ1) is 17.7. The number of aliphatic hydroxyl groups is 7. The normalized spacial score (nSPS) is 14.0. The summed E-state index contributed by atoms with van der Waals surface area (Å²) >= 11 is 0. The molecular weight excluding hydrogens is 246 g/mol. The molecular formula is C10H23NO7. The van der Waals surface area contributed by atoms with E-state index in [0.29, 0.717) is 13.0 Å². The highest BCUT2D eigenvalue weighted by atomic mass is 16.7. The van der Waals surface area contributed by atoms with E-state index in [1.54, 1.807) is 0 Å². The molecule has 0 radical (unpaired) electrons. The van der Waals surface area contributed by atoms with E-state index < -0.39 is 24.0 Å². The van der Waals surface area contributed by atoms with Crippen LogP contribution in [0.15, 0.2) is 0 Å². The van der Waals surface area contributed by atoms with Crippen molar-refractivity contribution in [2.75, 3.05) is 6.54 Å². The third kappa shape index (κ3) is 4.75.